The van der Waals surface area contributed by atoms with Gasteiger partial charge in [-0.25, -0.2) is 0 Å². The van der Waals surface area contributed by atoms with Crippen molar-refractivity contribution in [2.24, 2.45) is 0 Å². The van der Waals surface area contributed by atoms with E-state index < -0.39 is 0 Å². The molecule has 0 spiro atoms. The molecule has 0 heterocycles. The van der Waals surface area contributed by atoms with Crippen molar-refractivity contribution < 1.29 is 0 Å². The van der Waals surface area contributed by atoms with Crippen molar-refractivity contribution >= 4 is 0 Å². The van der Waals surface area contributed by atoms with Gasteiger partial charge in [0.05, 0.1) is 0 Å². The molecule has 0 saturated heterocycles. The third-order valence-corrected chi connectivity index (χ3v) is 2.33. The summed E-state index contributed by atoms with van der Waals surface area (Å²) in [5.41, 5.74) is 0. The van der Waals surface area contributed by atoms with Crippen molar-refractivity contribution in [2.45, 2.75) is 33.6 Å². The topological polar surface area (TPSA) is 15.3 Å². The highest BCUT2D eigenvalue weighted by atomic mass is 15.1. The van der Waals surface area contributed by atoms with E-state index in [1.54, 1.807) is 0 Å². The van der Waals surface area contributed by atoms with Gasteiger partial charge in [-0.15, -0.1) is 11.8 Å². The Balaban J connectivity index is 3.14. The van der Waals surface area contributed by atoms with Gasteiger partial charge in [-0.1, -0.05) is 13.8 Å². The number of nitrogens with one attached hydrogen (secondary N) is 1. The molecule has 0 aromatic carbocycles. The fourth-order valence-corrected chi connectivity index (χ4v) is 1.37. The molecule has 0 aromatic heterocycles. The lowest BCUT2D eigenvalue weighted by Crippen LogP contribution is -2.27. The summed E-state index contributed by atoms with van der Waals surface area (Å²) in [6.07, 6.45) is 2.21. The van der Waals surface area contributed by atoms with Crippen LogP contribution in [0.5, 0.6) is 0 Å². The molecule has 2 heteroatoms. The van der Waals surface area contributed by atoms with E-state index in [1.807, 2.05) is 6.92 Å². The second-order valence-electron chi connectivity index (χ2n) is 3.31. The molecule has 0 aliphatic rings. The average molecular weight is 196 g/mol. The van der Waals surface area contributed by atoms with Crippen LogP contribution in [0, 0.1) is 11.8 Å². The van der Waals surface area contributed by atoms with Crippen LogP contribution in [0.1, 0.15) is 33.6 Å². The van der Waals surface area contributed by atoms with E-state index in [0.29, 0.717) is 0 Å². The first-order valence-electron chi connectivity index (χ1n) is 5.67. The van der Waals surface area contributed by atoms with Crippen LogP contribution in [0.2, 0.25) is 0 Å². The fraction of sp³-hybridized carbons (Fsp3) is 0.833. The standard InChI is InChI=1S/C12H24N2/c1-4-7-8-10-13-11-9-12-14(5-2)6-3/h13H,5-6,8-12H2,1-3H3. The summed E-state index contributed by atoms with van der Waals surface area (Å²) in [7, 11) is 0. The van der Waals surface area contributed by atoms with E-state index in [9.17, 15) is 0 Å². The Hall–Kier alpha value is -0.520. The van der Waals surface area contributed by atoms with E-state index in [1.165, 1.54) is 13.0 Å². The summed E-state index contributed by atoms with van der Waals surface area (Å²) in [4.78, 5) is 2.45. The summed E-state index contributed by atoms with van der Waals surface area (Å²) in [6, 6.07) is 0. The Bertz CT molecular complexity index is 163. The van der Waals surface area contributed by atoms with Gasteiger partial charge in [0.25, 0.3) is 0 Å². The molecule has 0 aliphatic carbocycles. The Morgan fingerprint density at radius 3 is 2.43 bits per heavy atom. The van der Waals surface area contributed by atoms with E-state index in [4.69, 9.17) is 0 Å². The summed E-state index contributed by atoms with van der Waals surface area (Å²) in [5, 5.41) is 3.39. The van der Waals surface area contributed by atoms with Gasteiger partial charge in [0, 0.05) is 13.0 Å². The normalized spacial score (nSPS) is 10.0. The molecule has 0 fully saturated rings. The Labute approximate surface area is 89.1 Å². The number of rotatable bonds is 8. The SMILES string of the molecule is CC#CCCNCCCN(CC)CC. The smallest absolute Gasteiger partial charge is 0.0214 e. The molecule has 1 N–H and O–H groups in total. The van der Waals surface area contributed by atoms with E-state index in [2.05, 4.69) is 35.9 Å². The first-order chi connectivity index (χ1) is 6.85. The van der Waals surface area contributed by atoms with Gasteiger partial charge < -0.3 is 10.2 Å². The molecule has 0 bridgehead atoms. The van der Waals surface area contributed by atoms with E-state index in [0.717, 1.165) is 32.6 Å². The van der Waals surface area contributed by atoms with Gasteiger partial charge in [0.15, 0.2) is 0 Å². The predicted octanol–water partition coefficient (Wildman–Crippen LogP) is 1.72. The minimum atomic E-state index is 0.974. The minimum absolute atomic E-state index is 0.974. The van der Waals surface area contributed by atoms with Gasteiger partial charge in [0.1, 0.15) is 0 Å². The highest BCUT2D eigenvalue weighted by Gasteiger charge is 1.96. The second-order valence-corrected chi connectivity index (χ2v) is 3.31. The molecule has 0 radical (unpaired) electrons. The van der Waals surface area contributed by atoms with Crippen molar-refractivity contribution in [3.63, 3.8) is 0 Å². The van der Waals surface area contributed by atoms with Crippen LogP contribution in [0.3, 0.4) is 0 Å². The number of hydrogen-bond acceptors (Lipinski definition) is 2. The molecule has 0 saturated carbocycles. The third-order valence-electron chi connectivity index (χ3n) is 2.33. The zero-order valence-corrected chi connectivity index (χ0v) is 9.90. The van der Waals surface area contributed by atoms with Crippen molar-refractivity contribution in [2.75, 3.05) is 32.7 Å². The molecule has 2 nitrogen and oxygen atoms in total. The van der Waals surface area contributed by atoms with E-state index in [-0.39, 0.29) is 0 Å². The molecule has 0 unspecified atom stereocenters. The van der Waals surface area contributed by atoms with Crippen LogP contribution >= 0.6 is 0 Å². The lowest BCUT2D eigenvalue weighted by atomic mass is 10.3. The molecular weight excluding hydrogens is 172 g/mol. The average Bonchev–Trinajstić information content (AvgIpc) is 2.22. The number of hydrogen-bond donors (Lipinski definition) is 1. The largest absolute Gasteiger partial charge is 0.316 e. The maximum Gasteiger partial charge on any atom is 0.0214 e. The second kappa shape index (κ2) is 10.6. The summed E-state index contributed by atoms with van der Waals surface area (Å²) in [6.45, 7) is 12.0. The van der Waals surface area contributed by atoms with Gasteiger partial charge in [-0.3, -0.25) is 0 Å². The van der Waals surface area contributed by atoms with Gasteiger partial charge in [-0.2, -0.15) is 0 Å². The maximum atomic E-state index is 3.39. The van der Waals surface area contributed by atoms with Crippen LogP contribution < -0.4 is 5.32 Å². The van der Waals surface area contributed by atoms with Crippen molar-refractivity contribution in [1.82, 2.24) is 10.2 Å². The lowest BCUT2D eigenvalue weighted by Gasteiger charge is -2.17. The molecular formula is C12H24N2. The minimum Gasteiger partial charge on any atom is -0.316 e. The third kappa shape index (κ3) is 8.10. The fourth-order valence-electron chi connectivity index (χ4n) is 1.37. The first kappa shape index (κ1) is 13.5. The summed E-state index contributed by atoms with van der Waals surface area (Å²) >= 11 is 0. The first-order valence-corrected chi connectivity index (χ1v) is 5.67. The van der Waals surface area contributed by atoms with Crippen LogP contribution in [-0.2, 0) is 0 Å². The maximum absolute atomic E-state index is 3.39. The molecule has 0 aromatic rings. The highest BCUT2D eigenvalue weighted by molar-refractivity contribution is 4.95. The summed E-state index contributed by atoms with van der Waals surface area (Å²) < 4.78 is 0. The van der Waals surface area contributed by atoms with Gasteiger partial charge in [0.2, 0.25) is 0 Å². The van der Waals surface area contributed by atoms with Crippen molar-refractivity contribution in [3.8, 4) is 11.8 Å². The zero-order valence-electron chi connectivity index (χ0n) is 9.90. The monoisotopic (exact) mass is 196 g/mol. The van der Waals surface area contributed by atoms with Crippen molar-refractivity contribution in [3.05, 3.63) is 0 Å². The number of nitrogens with zero attached hydrogens (tertiary/aromatic N) is 1. The van der Waals surface area contributed by atoms with Crippen LogP contribution in [0.25, 0.3) is 0 Å². The Kier molecular flexibility index (Phi) is 10.2. The predicted molar refractivity (Wildman–Crippen MR) is 63.3 cm³/mol. The highest BCUT2D eigenvalue weighted by Crippen LogP contribution is 1.89. The molecule has 0 atom stereocenters. The lowest BCUT2D eigenvalue weighted by molar-refractivity contribution is 0.298. The molecule has 14 heavy (non-hydrogen) atoms. The zero-order chi connectivity index (χ0) is 10.6. The van der Waals surface area contributed by atoms with Gasteiger partial charge >= 0.3 is 0 Å². The molecule has 82 valence electrons. The van der Waals surface area contributed by atoms with Crippen LogP contribution in [0.4, 0.5) is 0 Å². The quantitative estimate of drug-likeness (QED) is 0.470. The van der Waals surface area contributed by atoms with Crippen LogP contribution in [0.15, 0.2) is 0 Å². The van der Waals surface area contributed by atoms with E-state index >= 15 is 0 Å². The molecule has 0 aliphatic heterocycles. The van der Waals surface area contributed by atoms with Crippen LogP contribution in [-0.4, -0.2) is 37.6 Å². The Morgan fingerprint density at radius 1 is 1.14 bits per heavy atom. The molecule has 0 rings (SSSR count). The summed E-state index contributed by atoms with van der Waals surface area (Å²) in [5.74, 6) is 5.94. The Morgan fingerprint density at radius 2 is 1.86 bits per heavy atom. The van der Waals surface area contributed by atoms with Crippen molar-refractivity contribution in [1.29, 1.82) is 0 Å². The van der Waals surface area contributed by atoms with Gasteiger partial charge in [-0.05, 0) is 39.5 Å². The molecule has 0 amide bonds.